The molecular formula is C11H10ClN3O3. The fourth-order valence-corrected chi connectivity index (χ4v) is 1.97. The van der Waals surface area contributed by atoms with Crippen LogP contribution in [0.4, 0.5) is 0 Å². The maximum absolute atomic E-state index is 12.1. The van der Waals surface area contributed by atoms with Crippen LogP contribution in [0.3, 0.4) is 0 Å². The Morgan fingerprint density at radius 3 is 2.50 bits per heavy atom. The van der Waals surface area contributed by atoms with Gasteiger partial charge < -0.3 is 4.90 Å². The summed E-state index contributed by atoms with van der Waals surface area (Å²) in [6, 6.07) is 2.97. The fraction of sp³-hybridized carbons (Fsp3) is 0.273. The molecule has 1 saturated heterocycles. The number of carbonyl (C=O) groups is 3. The van der Waals surface area contributed by atoms with Crippen molar-refractivity contribution in [1.82, 2.24) is 15.2 Å². The van der Waals surface area contributed by atoms with Crippen LogP contribution >= 0.6 is 11.6 Å². The van der Waals surface area contributed by atoms with E-state index in [9.17, 15) is 14.4 Å². The van der Waals surface area contributed by atoms with Gasteiger partial charge in [0.1, 0.15) is 18.2 Å². The van der Waals surface area contributed by atoms with Crippen molar-refractivity contribution >= 4 is 29.3 Å². The Hall–Kier alpha value is -1.95. The molecule has 1 aromatic rings. The van der Waals surface area contributed by atoms with E-state index in [0.717, 1.165) is 0 Å². The first-order valence-corrected chi connectivity index (χ1v) is 5.59. The molecule has 0 atom stereocenters. The van der Waals surface area contributed by atoms with Crippen molar-refractivity contribution in [1.29, 1.82) is 0 Å². The second-order valence-corrected chi connectivity index (χ2v) is 4.34. The number of aromatic nitrogens is 1. The van der Waals surface area contributed by atoms with Crippen LogP contribution in [0.15, 0.2) is 12.1 Å². The topological polar surface area (TPSA) is 79.4 Å². The van der Waals surface area contributed by atoms with Gasteiger partial charge in [0.05, 0.1) is 0 Å². The number of nitrogens with one attached hydrogen (secondary N) is 1. The molecule has 2 rings (SSSR count). The number of pyridine rings is 1. The lowest BCUT2D eigenvalue weighted by Gasteiger charge is -2.25. The molecule has 0 bridgehead atoms. The second kappa shape index (κ2) is 4.73. The van der Waals surface area contributed by atoms with E-state index in [1.54, 1.807) is 13.0 Å². The summed E-state index contributed by atoms with van der Waals surface area (Å²) >= 11 is 5.76. The fourth-order valence-electron chi connectivity index (χ4n) is 1.71. The lowest BCUT2D eigenvalue weighted by Crippen LogP contribution is -2.53. The van der Waals surface area contributed by atoms with Crippen LogP contribution in [0.1, 0.15) is 16.1 Å². The van der Waals surface area contributed by atoms with Gasteiger partial charge in [-0.2, -0.15) is 0 Å². The highest BCUT2D eigenvalue weighted by atomic mass is 35.5. The number of piperazine rings is 1. The van der Waals surface area contributed by atoms with Crippen molar-refractivity contribution in [3.63, 3.8) is 0 Å². The molecule has 1 aliphatic heterocycles. The number of hydrogen-bond acceptors (Lipinski definition) is 4. The van der Waals surface area contributed by atoms with Crippen LogP contribution in [-0.4, -0.2) is 40.7 Å². The molecule has 7 heteroatoms. The van der Waals surface area contributed by atoms with Gasteiger partial charge in [0.2, 0.25) is 11.8 Å². The summed E-state index contributed by atoms with van der Waals surface area (Å²) in [5, 5.41) is 2.33. The van der Waals surface area contributed by atoms with E-state index in [1.807, 2.05) is 0 Å². The van der Waals surface area contributed by atoms with Gasteiger partial charge in [-0.1, -0.05) is 11.6 Å². The van der Waals surface area contributed by atoms with E-state index in [0.29, 0.717) is 11.3 Å². The van der Waals surface area contributed by atoms with Gasteiger partial charge in [-0.25, -0.2) is 4.98 Å². The SMILES string of the molecule is Cc1cc(C(=O)N2CC(=O)NC(=O)C2)cc(Cl)n1. The van der Waals surface area contributed by atoms with Crippen LogP contribution in [0.2, 0.25) is 5.15 Å². The molecule has 1 aliphatic rings. The van der Waals surface area contributed by atoms with Gasteiger partial charge in [-0.3, -0.25) is 19.7 Å². The lowest BCUT2D eigenvalue weighted by molar-refractivity contribution is -0.135. The Labute approximate surface area is 108 Å². The minimum atomic E-state index is -0.489. The van der Waals surface area contributed by atoms with Crippen molar-refractivity contribution in [2.45, 2.75) is 6.92 Å². The Morgan fingerprint density at radius 1 is 1.33 bits per heavy atom. The molecular weight excluding hydrogens is 258 g/mol. The average molecular weight is 268 g/mol. The molecule has 3 amide bonds. The molecule has 0 radical (unpaired) electrons. The van der Waals surface area contributed by atoms with Crippen molar-refractivity contribution < 1.29 is 14.4 Å². The summed E-state index contributed by atoms with van der Waals surface area (Å²) in [6.07, 6.45) is 0. The number of halogens is 1. The first kappa shape index (κ1) is 12.5. The monoisotopic (exact) mass is 267 g/mol. The average Bonchev–Trinajstić information content (AvgIpc) is 2.25. The van der Waals surface area contributed by atoms with Crippen LogP contribution in [0, 0.1) is 6.92 Å². The van der Waals surface area contributed by atoms with Crippen molar-refractivity contribution in [2.24, 2.45) is 0 Å². The predicted octanol–water partition coefficient (Wildman–Crippen LogP) is 0.142. The Balaban J connectivity index is 2.25. The molecule has 94 valence electrons. The van der Waals surface area contributed by atoms with Crippen molar-refractivity contribution in [3.05, 3.63) is 28.5 Å². The third-order valence-corrected chi connectivity index (χ3v) is 2.60. The zero-order chi connectivity index (χ0) is 13.3. The predicted molar refractivity (Wildman–Crippen MR) is 63.0 cm³/mol. The first-order chi connectivity index (χ1) is 8.45. The number of rotatable bonds is 1. The summed E-state index contributed by atoms with van der Waals surface area (Å²) in [5.41, 5.74) is 0.911. The van der Waals surface area contributed by atoms with Gasteiger partial charge in [0.15, 0.2) is 0 Å². The zero-order valence-electron chi connectivity index (χ0n) is 9.57. The Bertz CT molecular complexity index is 508. The summed E-state index contributed by atoms with van der Waals surface area (Å²) in [7, 11) is 0. The quantitative estimate of drug-likeness (QED) is 0.580. The highest BCUT2D eigenvalue weighted by Crippen LogP contribution is 2.13. The molecule has 18 heavy (non-hydrogen) atoms. The maximum atomic E-state index is 12.1. The minimum absolute atomic E-state index is 0.135. The molecule has 6 nitrogen and oxygen atoms in total. The molecule has 0 saturated carbocycles. The Kier molecular flexibility index (Phi) is 3.29. The number of carbonyl (C=O) groups excluding carboxylic acids is 3. The largest absolute Gasteiger partial charge is 0.320 e. The normalized spacial score (nSPS) is 15.6. The number of imide groups is 1. The maximum Gasteiger partial charge on any atom is 0.254 e. The molecule has 2 heterocycles. The summed E-state index contributed by atoms with van der Waals surface area (Å²) in [4.78, 5) is 39.6. The molecule has 1 N–H and O–H groups in total. The molecule has 0 aromatic carbocycles. The summed E-state index contributed by atoms with van der Waals surface area (Å²) in [5.74, 6) is -1.39. The number of nitrogens with zero attached hydrogens (tertiary/aromatic N) is 2. The van der Waals surface area contributed by atoms with Gasteiger partial charge >= 0.3 is 0 Å². The van der Waals surface area contributed by atoms with E-state index in [-0.39, 0.29) is 18.2 Å². The van der Waals surface area contributed by atoms with Gasteiger partial charge in [0.25, 0.3) is 5.91 Å². The van der Waals surface area contributed by atoms with E-state index in [4.69, 9.17) is 11.6 Å². The second-order valence-electron chi connectivity index (χ2n) is 3.95. The minimum Gasteiger partial charge on any atom is -0.320 e. The standard InChI is InChI=1S/C11H10ClN3O3/c1-6-2-7(3-8(12)13-6)11(18)15-4-9(16)14-10(17)5-15/h2-3H,4-5H2,1H3,(H,14,16,17). The smallest absolute Gasteiger partial charge is 0.254 e. The third-order valence-electron chi connectivity index (χ3n) is 2.40. The zero-order valence-corrected chi connectivity index (χ0v) is 10.3. The molecule has 0 spiro atoms. The van der Waals surface area contributed by atoms with E-state index in [1.165, 1.54) is 11.0 Å². The highest BCUT2D eigenvalue weighted by molar-refractivity contribution is 6.29. The number of aryl methyl sites for hydroxylation is 1. The number of hydrogen-bond donors (Lipinski definition) is 1. The van der Waals surface area contributed by atoms with Crippen LogP contribution in [0.5, 0.6) is 0 Å². The molecule has 1 aromatic heterocycles. The van der Waals surface area contributed by atoms with Crippen LogP contribution in [0.25, 0.3) is 0 Å². The highest BCUT2D eigenvalue weighted by Gasteiger charge is 2.27. The number of amides is 3. The summed E-state index contributed by atoms with van der Waals surface area (Å²) < 4.78 is 0. The molecule has 0 unspecified atom stereocenters. The third kappa shape index (κ3) is 2.65. The van der Waals surface area contributed by atoms with Gasteiger partial charge in [0, 0.05) is 11.3 Å². The molecule has 1 fully saturated rings. The lowest BCUT2D eigenvalue weighted by atomic mass is 10.2. The van der Waals surface area contributed by atoms with Gasteiger partial charge in [-0.15, -0.1) is 0 Å². The summed E-state index contributed by atoms with van der Waals surface area (Å²) in [6.45, 7) is 1.43. The van der Waals surface area contributed by atoms with Crippen molar-refractivity contribution in [3.8, 4) is 0 Å². The van der Waals surface area contributed by atoms with E-state index in [2.05, 4.69) is 10.3 Å². The van der Waals surface area contributed by atoms with E-state index < -0.39 is 17.7 Å². The van der Waals surface area contributed by atoms with E-state index >= 15 is 0 Å². The van der Waals surface area contributed by atoms with Crippen LogP contribution < -0.4 is 5.32 Å². The Morgan fingerprint density at radius 2 is 1.94 bits per heavy atom. The molecule has 0 aliphatic carbocycles. The first-order valence-electron chi connectivity index (χ1n) is 5.22. The van der Waals surface area contributed by atoms with Gasteiger partial charge in [-0.05, 0) is 19.1 Å². The van der Waals surface area contributed by atoms with Crippen molar-refractivity contribution in [2.75, 3.05) is 13.1 Å². The van der Waals surface area contributed by atoms with Crippen LogP contribution in [-0.2, 0) is 9.59 Å².